The summed E-state index contributed by atoms with van der Waals surface area (Å²) in [5, 5.41) is 0. The highest BCUT2D eigenvalue weighted by molar-refractivity contribution is 5.20. The lowest BCUT2D eigenvalue weighted by molar-refractivity contribution is 0.318. The molecule has 0 aliphatic rings. The predicted molar refractivity (Wildman–Crippen MR) is 58.8 cm³/mol. The van der Waals surface area contributed by atoms with Gasteiger partial charge in [-0.05, 0) is 30.4 Å². The minimum absolute atomic E-state index is 0.0439. The van der Waals surface area contributed by atoms with Gasteiger partial charge in [0.15, 0.2) is 0 Å². The van der Waals surface area contributed by atoms with E-state index in [2.05, 4.69) is 6.92 Å². The van der Waals surface area contributed by atoms with Crippen molar-refractivity contribution in [1.82, 2.24) is 0 Å². The molecule has 0 radical (unpaired) electrons. The monoisotopic (exact) mass is 212 g/mol. The summed E-state index contributed by atoms with van der Waals surface area (Å²) in [4.78, 5) is 0. The van der Waals surface area contributed by atoms with Gasteiger partial charge in [-0.3, -0.25) is 0 Å². The van der Waals surface area contributed by atoms with Crippen LogP contribution in [0.5, 0.6) is 0 Å². The minimum Gasteiger partial charge on any atom is -0.207 e. The Morgan fingerprint density at radius 1 is 1.13 bits per heavy atom. The molecule has 1 rings (SSSR count). The van der Waals surface area contributed by atoms with Crippen LogP contribution in [-0.2, 0) is 6.42 Å². The third-order valence-corrected chi connectivity index (χ3v) is 2.64. The first-order valence-corrected chi connectivity index (χ1v) is 5.39. The van der Waals surface area contributed by atoms with Crippen LogP contribution >= 0.6 is 0 Å². The van der Waals surface area contributed by atoms with Gasteiger partial charge in [-0.25, -0.2) is 8.78 Å². The molecule has 84 valence electrons. The van der Waals surface area contributed by atoms with Crippen LogP contribution in [0.1, 0.15) is 39.2 Å². The Hall–Kier alpha value is -0.920. The van der Waals surface area contributed by atoms with Crippen LogP contribution in [0.15, 0.2) is 18.2 Å². The summed E-state index contributed by atoms with van der Waals surface area (Å²) >= 11 is 0. The van der Waals surface area contributed by atoms with Gasteiger partial charge in [-0.1, -0.05) is 33.3 Å². The van der Waals surface area contributed by atoms with Crippen LogP contribution in [0, 0.1) is 17.0 Å². The summed E-state index contributed by atoms with van der Waals surface area (Å²) in [6, 6.07) is 4.04. The maximum absolute atomic E-state index is 13.4. The fourth-order valence-electron chi connectivity index (χ4n) is 1.94. The Kier molecular flexibility index (Phi) is 3.83. The third-order valence-electron chi connectivity index (χ3n) is 2.64. The van der Waals surface area contributed by atoms with E-state index in [-0.39, 0.29) is 11.0 Å². The molecule has 0 heterocycles. The van der Waals surface area contributed by atoms with Gasteiger partial charge >= 0.3 is 0 Å². The number of benzene rings is 1. The molecule has 15 heavy (non-hydrogen) atoms. The Morgan fingerprint density at radius 2 is 1.67 bits per heavy atom. The van der Waals surface area contributed by atoms with Crippen LogP contribution in [-0.4, -0.2) is 0 Å². The predicted octanol–water partition coefficient (Wildman–Crippen LogP) is 4.33. The van der Waals surface area contributed by atoms with Crippen LogP contribution in [0.2, 0.25) is 0 Å². The molecular weight excluding hydrogens is 194 g/mol. The molecule has 0 bridgehead atoms. The van der Waals surface area contributed by atoms with Crippen molar-refractivity contribution in [3.8, 4) is 0 Å². The van der Waals surface area contributed by atoms with Crippen molar-refractivity contribution >= 4 is 0 Å². The van der Waals surface area contributed by atoms with Crippen molar-refractivity contribution in [2.75, 3.05) is 0 Å². The number of hydrogen-bond acceptors (Lipinski definition) is 0. The average molecular weight is 212 g/mol. The highest BCUT2D eigenvalue weighted by Gasteiger charge is 2.21. The number of halogens is 2. The lowest BCUT2D eigenvalue weighted by Crippen LogP contribution is -2.16. The molecule has 0 saturated heterocycles. The molecule has 0 spiro atoms. The van der Waals surface area contributed by atoms with Gasteiger partial charge in [0.25, 0.3) is 0 Å². The van der Waals surface area contributed by atoms with Gasteiger partial charge in [0.05, 0.1) is 0 Å². The first-order chi connectivity index (χ1) is 6.96. The van der Waals surface area contributed by atoms with Crippen LogP contribution in [0.25, 0.3) is 0 Å². The van der Waals surface area contributed by atoms with Crippen molar-refractivity contribution in [2.45, 2.75) is 40.0 Å². The molecule has 0 aromatic heterocycles. The van der Waals surface area contributed by atoms with Crippen molar-refractivity contribution in [2.24, 2.45) is 5.41 Å². The lowest BCUT2D eigenvalue weighted by atomic mass is 9.81. The summed E-state index contributed by atoms with van der Waals surface area (Å²) in [7, 11) is 0. The Balaban J connectivity index is 2.89. The Morgan fingerprint density at radius 3 is 2.13 bits per heavy atom. The molecule has 1 aromatic rings. The van der Waals surface area contributed by atoms with E-state index < -0.39 is 11.6 Å². The van der Waals surface area contributed by atoms with E-state index in [1.807, 2.05) is 13.8 Å². The maximum Gasteiger partial charge on any atom is 0.129 e. The molecule has 0 N–H and O–H groups in total. The van der Waals surface area contributed by atoms with Gasteiger partial charge in [-0.15, -0.1) is 0 Å². The van der Waals surface area contributed by atoms with Crippen molar-refractivity contribution in [3.05, 3.63) is 35.4 Å². The van der Waals surface area contributed by atoms with Gasteiger partial charge in [0, 0.05) is 5.56 Å². The topological polar surface area (TPSA) is 0 Å². The molecule has 0 unspecified atom stereocenters. The lowest BCUT2D eigenvalue weighted by Gasteiger charge is -2.24. The molecule has 0 aliphatic carbocycles. The normalized spacial score (nSPS) is 11.8. The highest BCUT2D eigenvalue weighted by atomic mass is 19.1. The Labute approximate surface area is 90.3 Å². The van der Waals surface area contributed by atoms with E-state index in [1.54, 1.807) is 0 Å². The van der Waals surface area contributed by atoms with E-state index in [0.29, 0.717) is 6.42 Å². The van der Waals surface area contributed by atoms with E-state index in [9.17, 15) is 8.78 Å². The van der Waals surface area contributed by atoms with Gasteiger partial charge in [-0.2, -0.15) is 0 Å². The second-order valence-corrected chi connectivity index (χ2v) is 4.79. The molecule has 0 nitrogen and oxygen atoms in total. The number of hydrogen-bond donors (Lipinski definition) is 0. The van der Waals surface area contributed by atoms with Gasteiger partial charge < -0.3 is 0 Å². The molecule has 0 atom stereocenters. The molecule has 2 heteroatoms. The van der Waals surface area contributed by atoms with Crippen molar-refractivity contribution < 1.29 is 8.78 Å². The molecule has 0 aliphatic heterocycles. The van der Waals surface area contributed by atoms with Crippen LogP contribution < -0.4 is 0 Å². The van der Waals surface area contributed by atoms with Gasteiger partial charge in [0.1, 0.15) is 11.6 Å². The van der Waals surface area contributed by atoms with E-state index in [1.165, 1.54) is 18.2 Å². The van der Waals surface area contributed by atoms with Crippen LogP contribution in [0.4, 0.5) is 8.78 Å². The highest BCUT2D eigenvalue weighted by Crippen LogP contribution is 2.29. The molecular formula is C13H18F2. The summed E-state index contributed by atoms with van der Waals surface area (Å²) in [6.45, 7) is 6.17. The van der Waals surface area contributed by atoms with Crippen molar-refractivity contribution in [1.29, 1.82) is 0 Å². The molecule has 0 amide bonds. The van der Waals surface area contributed by atoms with Crippen molar-refractivity contribution in [3.63, 3.8) is 0 Å². The second kappa shape index (κ2) is 4.73. The second-order valence-electron chi connectivity index (χ2n) is 4.79. The Bertz CT molecular complexity index is 309. The first-order valence-electron chi connectivity index (χ1n) is 5.39. The van der Waals surface area contributed by atoms with E-state index >= 15 is 0 Å². The maximum atomic E-state index is 13.4. The zero-order chi connectivity index (χ0) is 11.5. The van der Waals surface area contributed by atoms with E-state index in [4.69, 9.17) is 0 Å². The third kappa shape index (κ3) is 3.29. The summed E-state index contributed by atoms with van der Waals surface area (Å²) in [5.74, 6) is -0.863. The zero-order valence-corrected chi connectivity index (χ0v) is 9.61. The minimum atomic E-state index is -0.431. The first kappa shape index (κ1) is 12.2. The van der Waals surface area contributed by atoms with E-state index in [0.717, 1.165) is 12.8 Å². The smallest absolute Gasteiger partial charge is 0.129 e. The number of rotatable bonds is 4. The van der Waals surface area contributed by atoms with Crippen LogP contribution in [0.3, 0.4) is 0 Å². The fraction of sp³-hybridized carbons (Fsp3) is 0.538. The summed E-state index contributed by atoms with van der Waals surface area (Å²) in [5.41, 5.74) is 0.175. The zero-order valence-electron chi connectivity index (χ0n) is 9.61. The summed E-state index contributed by atoms with van der Waals surface area (Å²) < 4.78 is 26.8. The fourth-order valence-corrected chi connectivity index (χ4v) is 1.94. The van der Waals surface area contributed by atoms with Gasteiger partial charge in [0.2, 0.25) is 0 Å². The average Bonchev–Trinajstić information content (AvgIpc) is 2.11. The quantitative estimate of drug-likeness (QED) is 0.696. The molecule has 1 aromatic carbocycles. The molecule has 0 saturated carbocycles. The summed E-state index contributed by atoms with van der Waals surface area (Å²) in [6.07, 6.45) is 2.46. The standard InChI is InChI=1S/C13H18F2/c1-4-8-13(2,3)9-10-11(14)6-5-7-12(10)15/h5-7H,4,8-9H2,1-3H3. The SMILES string of the molecule is CCCC(C)(C)Cc1c(F)cccc1F. The molecule has 0 fully saturated rings. The largest absolute Gasteiger partial charge is 0.207 e.